The van der Waals surface area contributed by atoms with Crippen LogP contribution in [0.15, 0.2) is 12.4 Å². The number of carbonyl (C=O) groups is 1. The minimum absolute atomic E-state index is 0.0985. The number of aryl methyl sites for hydroxylation is 1. The first-order valence-electron chi connectivity index (χ1n) is 6.83. The van der Waals surface area contributed by atoms with E-state index in [9.17, 15) is 10.1 Å². The highest BCUT2D eigenvalue weighted by molar-refractivity contribution is 5.85. The second-order valence-corrected chi connectivity index (χ2v) is 5.28. The SMILES string of the molecule is Cn1cc(CCNC(=O)C2(C#N)CCCCC2)cn1. The fourth-order valence-corrected chi connectivity index (χ4v) is 2.64. The molecule has 102 valence electrons. The molecule has 0 saturated heterocycles. The first-order valence-corrected chi connectivity index (χ1v) is 6.83. The van der Waals surface area contributed by atoms with Crippen LogP contribution in [0.25, 0.3) is 0 Å². The van der Waals surface area contributed by atoms with E-state index in [0.717, 1.165) is 31.2 Å². The first-order chi connectivity index (χ1) is 9.16. The maximum Gasteiger partial charge on any atom is 0.240 e. The van der Waals surface area contributed by atoms with Gasteiger partial charge in [-0.2, -0.15) is 10.4 Å². The minimum atomic E-state index is -0.785. The fraction of sp³-hybridized carbons (Fsp3) is 0.643. The summed E-state index contributed by atoms with van der Waals surface area (Å²) in [7, 11) is 1.87. The van der Waals surface area contributed by atoms with Gasteiger partial charge in [0.2, 0.25) is 5.91 Å². The number of amides is 1. The molecular formula is C14H20N4O. The molecule has 1 amide bonds. The zero-order valence-corrected chi connectivity index (χ0v) is 11.4. The number of rotatable bonds is 4. The van der Waals surface area contributed by atoms with E-state index in [1.807, 2.05) is 13.2 Å². The van der Waals surface area contributed by atoms with Crippen molar-refractivity contribution < 1.29 is 4.79 Å². The van der Waals surface area contributed by atoms with Gasteiger partial charge in [-0.15, -0.1) is 0 Å². The molecule has 5 nitrogen and oxygen atoms in total. The third-order valence-electron chi connectivity index (χ3n) is 3.81. The molecule has 1 N–H and O–H groups in total. The number of hydrogen-bond donors (Lipinski definition) is 1. The Morgan fingerprint density at radius 2 is 2.26 bits per heavy atom. The van der Waals surface area contributed by atoms with Crippen LogP contribution in [0.1, 0.15) is 37.7 Å². The standard InChI is InChI=1S/C14H20N4O/c1-18-10-12(9-17-18)5-8-16-13(19)14(11-15)6-3-2-4-7-14/h9-10H,2-8H2,1H3,(H,16,19). The highest BCUT2D eigenvalue weighted by atomic mass is 16.2. The van der Waals surface area contributed by atoms with Gasteiger partial charge in [-0.3, -0.25) is 9.48 Å². The molecule has 1 aliphatic carbocycles. The number of nitriles is 1. The summed E-state index contributed by atoms with van der Waals surface area (Å²) < 4.78 is 1.75. The van der Waals surface area contributed by atoms with Crippen LogP contribution in [0.2, 0.25) is 0 Å². The van der Waals surface area contributed by atoms with Gasteiger partial charge in [-0.25, -0.2) is 0 Å². The van der Waals surface area contributed by atoms with Crippen LogP contribution in [0.4, 0.5) is 0 Å². The van der Waals surface area contributed by atoms with Crippen molar-refractivity contribution in [3.63, 3.8) is 0 Å². The van der Waals surface area contributed by atoms with Crippen LogP contribution in [0.5, 0.6) is 0 Å². The summed E-state index contributed by atoms with van der Waals surface area (Å²) in [6.07, 6.45) is 8.96. The number of carbonyl (C=O) groups excluding carboxylic acids is 1. The Bertz CT molecular complexity index is 480. The van der Waals surface area contributed by atoms with Crippen molar-refractivity contribution in [2.75, 3.05) is 6.54 Å². The molecule has 0 atom stereocenters. The predicted molar refractivity (Wildman–Crippen MR) is 71.1 cm³/mol. The molecular weight excluding hydrogens is 240 g/mol. The van der Waals surface area contributed by atoms with E-state index in [4.69, 9.17) is 0 Å². The van der Waals surface area contributed by atoms with Crippen LogP contribution in [0, 0.1) is 16.7 Å². The van der Waals surface area contributed by atoms with Crippen molar-refractivity contribution in [2.24, 2.45) is 12.5 Å². The van der Waals surface area contributed by atoms with Crippen molar-refractivity contribution in [3.8, 4) is 6.07 Å². The molecule has 1 saturated carbocycles. The molecule has 1 heterocycles. The summed E-state index contributed by atoms with van der Waals surface area (Å²) in [6, 6.07) is 2.24. The molecule has 0 radical (unpaired) electrons. The van der Waals surface area contributed by atoms with E-state index < -0.39 is 5.41 Å². The molecule has 0 aliphatic heterocycles. The van der Waals surface area contributed by atoms with Gasteiger partial charge >= 0.3 is 0 Å². The number of nitrogens with one attached hydrogen (secondary N) is 1. The van der Waals surface area contributed by atoms with Gasteiger partial charge in [-0.05, 0) is 24.8 Å². The predicted octanol–water partition coefficient (Wildman–Crippen LogP) is 1.55. The van der Waals surface area contributed by atoms with Gasteiger partial charge < -0.3 is 5.32 Å². The number of nitrogens with zero attached hydrogens (tertiary/aromatic N) is 3. The summed E-state index contributed by atoms with van der Waals surface area (Å²) in [5.74, 6) is -0.0985. The lowest BCUT2D eigenvalue weighted by atomic mass is 9.74. The van der Waals surface area contributed by atoms with Gasteiger partial charge in [0, 0.05) is 19.8 Å². The second kappa shape index (κ2) is 5.87. The van der Waals surface area contributed by atoms with Gasteiger partial charge in [0.05, 0.1) is 12.3 Å². The van der Waals surface area contributed by atoms with E-state index >= 15 is 0 Å². The van der Waals surface area contributed by atoms with Gasteiger partial charge in [-0.1, -0.05) is 19.3 Å². The minimum Gasteiger partial charge on any atom is -0.354 e. The van der Waals surface area contributed by atoms with Crippen LogP contribution >= 0.6 is 0 Å². The fourth-order valence-electron chi connectivity index (χ4n) is 2.64. The van der Waals surface area contributed by atoms with Crippen LogP contribution in [-0.4, -0.2) is 22.2 Å². The molecule has 0 spiro atoms. The molecule has 1 aliphatic rings. The average molecular weight is 260 g/mol. The lowest BCUT2D eigenvalue weighted by Crippen LogP contribution is -2.42. The Labute approximate surface area is 113 Å². The van der Waals surface area contributed by atoms with E-state index in [2.05, 4.69) is 16.5 Å². The lowest BCUT2D eigenvalue weighted by Gasteiger charge is -2.29. The maximum atomic E-state index is 12.2. The molecule has 5 heteroatoms. The molecule has 19 heavy (non-hydrogen) atoms. The third-order valence-corrected chi connectivity index (χ3v) is 3.81. The smallest absolute Gasteiger partial charge is 0.240 e. The summed E-state index contributed by atoms with van der Waals surface area (Å²) in [4.78, 5) is 12.2. The van der Waals surface area contributed by atoms with E-state index in [1.165, 1.54) is 0 Å². The maximum absolute atomic E-state index is 12.2. The normalized spacial score (nSPS) is 17.7. The molecule has 1 aromatic rings. The number of aromatic nitrogens is 2. The third kappa shape index (κ3) is 3.14. The topological polar surface area (TPSA) is 70.7 Å². The monoisotopic (exact) mass is 260 g/mol. The zero-order chi connectivity index (χ0) is 13.7. The lowest BCUT2D eigenvalue weighted by molar-refractivity contribution is -0.129. The average Bonchev–Trinajstić information content (AvgIpc) is 2.85. The number of hydrogen-bond acceptors (Lipinski definition) is 3. The molecule has 2 rings (SSSR count). The van der Waals surface area contributed by atoms with E-state index in [1.54, 1.807) is 10.9 Å². The van der Waals surface area contributed by atoms with Gasteiger partial charge in [0.15, 0.2) is 0 Å². The summed E-state index contributed by atoms with van der Waals surface area (Å²) in [5.41, 5.74) is 0.310. The molecule has 0 aromatic carbocycles. The molecule has 0 bridgehead atoms. The van der Waals surface area contributed by atoms with Gasteiger partial charge in [0.1, 0.15) is 5.41 Å². The molecule has 1 fully saturated rings. The molecule has 0 unspecified atom stereocenters. The Balaban J connectivity index is 1.85. The summed E-state index contributed by atoms with van der Waals surface area (Å²) in [6.45, 7) is 0.563. The van der Waals surface area contributed by atoms with Crippen molar-refractivity contribution in [2.45, 2.75) is 38.5 Å². The van der Waals surface area contributed by atoms with Crippen molar-refractivity contribution >= 4 is 5.91 Å². The van der Waals surface area contributed by atoms with Crippen molar-refractivity contribution in [1.82, 2.24) is 15.1 Å². The summed E-state index contributed by atoms with van der Waals surface area (Å²) in [5, 5.41) is 16.3. The Hall–Kier alpha value is -1.83. The Kier molecular flexibility index (Phi) is 4.20. The molecule has 1 aromatic heterocycles. The summed E-state index contributed by atoms with van der Waals surface area (Å²) >= 11 is 0. The Morgan fingerprint density at radius 1 is 1.53 bits per heavy atom. The van der Waals surface area contributed by atoms with Crippen molar-refractivity contribution in [3.05, 3.63) is 18.0 Å². The van der Waals surface area contributed by atoms with Crippen LogP contribution in [0.3, 0.4) is 0 Å². The van der Waals surface area contributed by atoms with Crippen LogP contribution in [-0.2, 0) is 18.3 Å². The Morgan fingerprint density at radius 3 is 2.84 bits per heavy atom. The van der Waals surface area contributed by atoms with Gasteiger partial charge in [0.25, 0.3) is 0 Å². The van der Waals surface area contributed by atoms with Crippen molar-refractivity contribution in [1.29, 1.82) is 5.26 Å². The quantitative estimate of drug-likeness (QED) is 0.893. The van der Waals surface area contributed by atoms with E-state index in [-0.39, 0.29) is 5.91 Å². The van der Waals surface area contributed by atoms with E-state index in [0.29, 0.717) is 19.4 Å². The largest absolute Gasteiger partial charge is 0.354 e. The highest BCUT2D eigenvalue weighted by Crippen LogP contribution is 2.35. The second-order valence-electron chi connectivity index (χ2n) is 5.28. The first kappa shape index (κ1) is 13.6. The highest BCUT2D eigenvalue weighted by Gasteiger charge is 2.39. The zero-order valence-electron chi connectivity index (χ0n) is 11.4. The van der Waals surface area contributed by atoms with Crippen LogP contribution < -0.4 is 5.32 Å².